The van der Waals surface area contributed by atoms with Gasteiger partial charge in [0, 0.05) is 24.6 Å². The Labute approximate surface area is 191 Å². The number of hydrogen-bond donors (Lipinski definition) is 2. The van der Waals surface area contributed by atoms with Crippen LogP contribution in [0, 0.1) is 21.8 Å². The number of benzene rings is 2. The van der Waals surface area contributed by atoms with E-state index in [1.807, 2.05) is 0 Å². The number of carbonyl (C=O) groups excluding carboxylic acids is 1. The normalized spacial score (nSPS) is 18.5. The average Bonchev–Trinajstić information content (AvgIpc) is 2.79. The Balaban J connectivity index is 1.55. The Morgan fingerprint density at radius 1 is 1.15 bits per heavy atom. The molecule has 1 aliphatic carbocycles. The number of nitro benzene ring substituents is 1. The molecule has 0 aromatic heterocycles. The van der Waals surface area contributed by atoms with Gasteiger partial charge in [-0.3, -0.25) is 14.9 Å². The zero-order valence-electron chi connectivity index (χ0n) is 18.1. The zero-order chi connectivity index (χ0) is 24.0. The van der Waals surface area contributed by atoms with Gasteiger partial charge in [-0.05, 0) is 62.4 Å². The molecule has 2 aromatic carbocycles. The van der Waals surface area contributed by atoms with Gasteiger partial charge in [-0.25, -0.2) is 17.5 Å². The van der Waals surface area contributed by atoms with Crippen molar-refractivity contribution in [1.29, 1.82) is 0 Å². The molecule has 33 heavy (non-hydrogen) atoms. The van der Waals surface area contributed by atoms with Crippen LogP contribution in [0.25, 0.3) is 0 Å². The fourth-order valence-electron chi connectivity index (χ4n) is 3.78. The van der Waals surface area contributed by atoms with Gasteiger partial charge in [0.25, 0.3) is 0 Å². The van der Waals surface area contributed by atoms with Gasteiger partial charge >= 0.3 is 5.69 Å². The molecule has 0 bridgehead atoms. The summed E-state index contributed by atoms with van der Waals surface area (Å²) in [6.45, 7) is 2.18. The quantitative estimate of drug-likeness (QED) is 0.420. The number of carbonyl (C=O) groups is 1. The number of nitrogens with one attached hydrogen (secondary N) is 2. The molecule has 9 nitrogen and oxygen atoms in total. The van der Waals surface area contributed by atoms with Crippen LogP contribution < -0.4 is 14.8 Å². The summed E-state index contributed by atoms with van der Waals surface area (Å²) in [4.78, 5) is 22.8. The van der Waals surface area contributed by atoms with Crippen LogP contribution in [0.15, 0.2) is 47.4 Å². The molecule has 2 aromatic rings. The van der Waals surface area contributed by atoms with Crippen LogP contribution in [-0.4, -0.2) is 31.9 Å². The van der Waals surface area contributed by atoms with E-state index >= 15 is 0 Å². The first-order valence-corrected chi connectivity index (χ1v) is 12.1. The lowest BCUT2D eigenvalue weighted by Gasteiger charge is -2.28. The maximum Gasteiger partial charge on any atom is 0.312 e. The summed E-state index contributed by atoms with van der Waals surface area (Å²) in [6.07, 6.45) is 1.94. The monoisotopic (exact) mass is 479 g/mol. The predicted octanol–water partition coefficient (Wildman–Crippen LogP) is 3.29. The molecular weight excluding hydrogens is 453 g/mol. The molecule has 1 fully saturated rings. The Bertz CT molecular complexity index is 1100. The van der Waals surface area contributed by atoms with Crippen molar-refractivity contribution in [3.05, 3.63) is 64.0 Å². The van der Waals surface area contributed by atoms with E-state index in [0.717, 1.165) is 11.6 Å². The van der Waals surface area contributed by atoms with Crippen molar-refractivity contribution in [3.63, 3.8) is 0 Å². The predicted molar refractivity (Wildman–Crippen MR) is 119 cm³/mol. The number of amides is 1. The summed E-state index contributed by atoms with van der Waals surface area (Å²) in [5.74, 6) is -0.695. The third-order valence-electron chi connectivity index (χ3n) is 5.54. The minimum absolute atomic E-state index is 0.00797. The molecular formula is C22H26FN3O6S. The third kappa shape index (κ3) is 6.48. The van der Waals surface area contributed by atoms with Crippen molar-refractivity contribution in [2.75, 3.05) is 6.61 Å². The SMILES string of the molecule is CCOc1ccc(S(=O)(=O)NC2CCC(C(=O)NCc3ccc(F)cc3)CC2)cc1[N+](=O)[O-]. The molecule has 1 amide bonds. The summed E-state index contributed by atoms with van der Waals surface area (Å²) < 4.78 is 46.3. The van der Waals surface area contributed by atoms with Gasteiger partial charge in [-0.1, -0.05) is 12.1 Å². The molecule has 1 aliphatic rings. The van der Waals surface area contributed by atoms with E-state index in [4.69, 9.17) is 4.74 Å². The van der Waals surface area contributed by atoms with E-state index in [1.165, 1.54) is 24.3 Å². The molecule has 11 heteroatoms. The molecule has 3 rings (SSSR count). The maximum absolute atomic E-state index is 13.0. The van der Waals surface area contributed by atoms with Gasteiger partial charge in [-0.2, -0.15) is 0 Å². The highest BCUT2D eigenvalue weighted by atomic mass is 32.2. The first-order valence-electron chi connectivity index (χ1n) is 10.7. The topological polar surface area (TPSA) is 128 Å². The summed E-state index contributed by atoms with van der Waals surface area (Å²) in [5, 5.41) is 14.1. The zero-order valence-corrected chi connectivity index (χ0v) is 18.9. The smallest absolute Gasteiger partial charge is 0.312 e. The van der Waals surface area contributed by atoms with Crippen LogP contribution in [-0.2, 0) is 21.4 Å². The molecule has 0 aliphatic heterocycles. The number of halogens is 1. The van der Waals surface area contributed by atoms with E-state index in [1.54, 1.807) is 19.1 Å². The fraction of sp³-hybridized carbons (Fsp3) is 0.409. The van der Waals surface area contributed by atoms with Gasteiger partial charge < -0.3 is 10.1 Å². The van der Waals surface area contributed by atoms with E-state index in [0.29, 0.717) is 32.2 Å². The Morgan fingerprint density at radius 3 is 2.42 bits per heavy atom. The maximum atomic E-state index is 13.0. The average molecular weight is 480 g/mol. The highest BCUT2D eigenvalue weighted by molar-refractivity contribution is 7.89. The summed E-state index contributed by atoms with van der Waals surface area (Å²) in [6, 6.07) is 9.03. The third-order valence-corrected chi connectivity index (χ3v) is 7.06. The first kappa shape index (κ1) is 24.6. The van der Waals surface area contributed by atoms with Crippen LogP contribution in [0.5, 0.6) is 5.75 Å². The molecule has 178 valence electrons. The highest BCUT2D eigenvalue weighted by Gasteiger charge is 2.30. The minimum Gasteiger partial charge on any atom is -0.487 e. The van der Waals surface area contributed by atoms with Crippen molar-refractivity contribution in [2.24, 2.45) is 5.92 Å². The lowest BCUT2D eigenvalue weighted by molar-refractivity contribution is -0.386. The number of nitrogens with zero attached hydrogens (tertiary/aromatic N) is 1. The van der Waals surface area contributed by atoms with Gasteiger partial charge in [0.05, 0.1) is 16.4 Å². The second-order valence-electron chi connectivity index (χ2n) is 7.83. The highest BCUT2D eigenvalue weighted by Crippen LogP contribution is 2.31. The number of nitro groups is 1. The molecule has 0 unspecified atom stereocenters. The lowest BCUT2D eigenvalue weighted by atomic mass is 9.86. The van der Waals surface area contributed by atoms with Crippen molar-refractivity contribution in [3.8, 4) is 5.75 Å². The van der Waals surface area contributed by atoms with E-state index in [2.05, 4.69) is 10.0 Å². The molecule has 0 heterocycles. The number of hydrogen-bond acceptors (Lipinski definition) is 6. The molecule has 1 saturated carbocycles. The molecule has 0 spiro atoms. The molecule has 0 atom stereocenters. The van der Waals surface area contributed by atoms with Crippen molar-refractivity contribution in [1.82, 2.24) is 10.0 Å². The summed E-state index contributed by atoms with van der Waals surface area (Å²) in [7, 11) is -3.98. The van der Waals surface area contributed by atoms with E-state index < -0.39 is 20.6 Å². The van der Waals surface area contributed by atoms with Gasteiger partial charge in [0.1, 0.15) is 5.82 Å². The summed E-state index contributed by atoms with van der Waals surface area (Å²) in [5.41, 5.74) is 0.372. The van der Waals surface area contributed by atoms with Crippen molar-refractivity contribution < 1.29 is 27.3 Å². The molecule has 0 radical (unpaired) electrons. The van der Waals surface area contributed by atoms with Crippen LogP contribution in [0.2, 0.25) is 0 Å². The Hall–Kier alpha value is -3.05. The molecule has 0 saturated heterocycles. The summed E-state index contributed by atoms with van der Waals surface area (Å²) >= 11 is 0. The van der Waals surface area contributed by atoms with Crippen LogP contribution in [0.4, 0.5) is 10.1 Å². The number of ether oxygens (including phenoxy) is 1. The molecule has 2 N–H and O–H groups in total. The second kappa shape index (κ2) is 10.7. The van der Waals surface area contributed by atoms with Crippen LogP contribution in [0.3, 0.4) is 0 Å². The van der Waals surface area contributed by atoms with Crippen LogP contribution in [0.1, 0.15) is 38.2 Å². The fourth-order valence-corrected chi connectivity index (χ4v) is 5.11. The van der Waals surface area contributed by atoms with Gasteiger partial charge in [-0.15, -0.1) is 0 Å². The minimum atomic E-state index is -3.98. The first-order chi connectivity index (χ1) is 15.7. The standard InChI is InChI=1S/C22H26FN3O6S/c1-2-32-21-12-11-19(13-20(21)26(28)29)33(30,31)25-18-9-5-16(6-10-18)22(27)24-14-15-3-7-17(23)8-4-15/h3-4,7-8,11-13,16,18,25H,2,5-6,9-10,14H2,1H3,(H,24,27). The lowest BCUT2D eigenvalue weighted by Crippen LogP contribution is -2.40. The van der Waals surface area contributed by atoms with E-state index in [9.17, 15) is 27.7 Å². The number of rotatable bonds is 9. The Kier molecular flexibility index (Phi) is 7.98. The van der Waals surface area contributed by atoms with Crippen molar-refractivity contribution >= 4 is 21.6 Å². The van der Waals surface area contributed by atoms with E-state index in [-0.39, 0.29) is 40.9 Å². The van der Waals surface area contributed by atoms with Gasteiger partial charge in [0.2, 0.25) is 15.9 Å². The largest absolute Gasteiger partial charge is 0.487 e. The Morgan fingerprint density at radius 2 is 1.82 bits per heavy atom. The second-order valence-corrected chi connectivity index (χ2v) is 9.55. The van der Waals surface area contributed by atoms with Gasteiger partial charge in [0.15, 0.2) is 5.75 Å². The van der Waals surface area contributed by atoms with Crippen molar-refractivity contribution in [2.45, 2.75) is 50.1 Å². The van der Waals surface area contributed by atoms with Crippen LogP contribution >= 0.6 is 0 Å². The number of sulfonamides is 1.